The highest BCUT2D eigenvalue weighted by molar-refractivity contribution is 5.92. The van der Waals surface area contributed by atoms with E-state index in [0.29, 0.717) is 12.3 Å². The fourth-order valence-electron chi connectivity index (χ4n) is 3.00. The fraction of sp³-hybridized carbons (Fsp3) is 0.833. The Bertz CT molecular complexity index is 387. The molecule has 0 radical (unpaired) electrons. The summed E-state index contributed by atoms with van der Waals surface area (Å²) in [5.41, 5.74) is -1.73. The Morgan fingerprint density at radius 3 is 2.29 bits per heavy atom. The quantitative estimate of drug-likeness (QED) is 0.482. The highest BCUT2D eigenvalue weighted by atomic mass is 19.1. The maximum absolute atomic E-state index is 13.7. The second-order valence-electron chi connectivity index (χ2n) is 7.84. The topological polar surface area (TPSA) is 37.3 Å². The summed E-state index contributed by atoms with van der Waals surface area (Å²) in [6, 6.07) is 0. The van der Waals surface area contributed by atoms with Crippen LogP contribution >= 0.6 is 0 Å². The second-order valence-corrected chi connectivity index (χ2v) is 7.84. The second kappa shape index (κ2) is 6.93. The molecule has 1 fully saturated rings. The average molecular weight is 298 g/mol. The third-order valence-corrected chi connectivity index (χ3v) is 4.62. The molecule has 2 nitrogen and oxygen atoms in total. The zero-order valence-electron chi connectivity index (χ0n) is 14.2. The molecule has 0 amide bonds. The monoisotopic (exact) mass is 298 g/mol. The molecule has 0 aromatic heterocycles. The van der Waals surface area contributed by atoms with Gasteiger partial charge < -0.3 is 5.11 Å². The number of carbonyl (C=O) groups excluding carboxylic acids is 1. The highest BCUT2D eigenvalue weighted by Gasteiger charge is 2.32. The van der Waals surface area contributed by atoms with Crippen molar-refractivity contribution >= 4 is 5.78 Å². The molecule has 3 heteroatoms. The average Bonchev–Trinajstić information content (AvgIpc) is 2.29. The van der Waals surface area contributed by atoms with Crippen molar-refractivity contribution in [2.45, 2.75) is 78.8 Å². The number of aliphatic hydroxyl groups is 1. The molecule has 1 aliphatic rings. The number of hydrogen-bond donors (Lipinski definition) is 1. The molecule has 1 unspecified atom stereocenters. The van der Waals surface area contributed by atoms with Crippen molar-refractivity contribution in [1.29, 1.82) is 0 Å². The molecule has 0 spiro atoms. The van der Waals surface area contributed by atoms with Crippen molar-refractivity contribution in [2.75, 3.05) is 0 Å². The normalized spacial score (nSPS) is 19.2. The summed E-state index contributed by atoms with van der Waals surface area (Å²) in [5.74, 6) is 0.306. The number of aliphatic hydroxyl groups excluding tert-OH is 1. The number of alkyl halides is 1. The Balaban J connectivity index is 2.71. The predicted molar refractivity (Wildman–Crippen MR) is 85.0 cm³/mol. The van der Waals surface area contributed by atoms with Gasteiger partial charge in [-0.1, -0.05) is 40.0 Å². The van der Waals surface area contributed by atoms with Gasteiger partial charge in [-0.05, 0) is 39.0 Å². The maximum Gasteiger partial charge on any atom is 0.162 e. The van der Waals surface area contributed by atoms with E-state index in [2.05, 4.69) is 0 Å². The Kier molecular flexibility index (Phi) is 6.01. The SMILES string of the molecule is CCC(CC(C)(C)F)C(=O)C=C(O)C(C)(C)CC1CCC1. The summed E-state index contributed by atoms with van der Waals surface area (Å²) in [6.07, 6.45) is 6.77. The number of hydrogen-bond acceptors (Lipinski definition) is 2. The van der Waals surface area contributed by atoms with Gasteiger partial charge in [0.2, 0.25) is 0 Å². The van der Waals surface area contributed by atoms with Gasteiger partial charge in [-0.2, -0.15) is 0 Å². The lowest BCUT2D eigenvalue weighted by Crippen LogP contribution is -2.26. The molecule has 0 saturated heterocycles. The number of rotatable bonds is 8. The first kappa shape index (κ1) is 18.2. The largest absolute Gasteiger partial charge is 0.512 e. The predicted octanol–water partition coefficient (Wildman–Crippen LogP) is 5.38. The van der Waals surface area contributed by atoms with Crippen LogP contribution in [0.15, 0.2) is 11.8 Å². The summed E-state index contributed by atoms with van der Waals surface area (Å²) < 4.78 is 13.7. The first-order chi connectivity index (χ1) is 9.55. The molecule has 21 heavy (non-hydrogen) atoms. The zero-order chi connectivity index (χ0) is 16.3. The lowest BCUT2D eigenvalue weighted by molar-refractivity contribution is -0.119. The lowest BCUT2D eigenvalue weighted by atomic mass is 9.72. The van der Waals surface area contributed by atoms with Gasteiger partial charge in [0.15, 0.2) is 5.78 Å². The van der Waals surface area contributed by atoms with E-state index >= 15 is 0 Å². The molecule has 1 saturated carbocycles. The van der Waals surface area contributed by atoms with Gasteiger partial charge >= 0.3 is 0 Å². The molecular formula is C18H31FO2. The van der Waals surface area contributed by atoms with Crippen LogP contribution in [-0.2, 0) is 4.79 Å². The highest BCUT2D eigenvalue weighted by Crippen LogP contribution is 2.40. The van der Waals surface area contributed by atoms with Gasteiger partial charge in [-0.25, -0.2) is 4.39 Å². The molecule has 1 N–H and O–H groups in total. The van der Waals surface area contributed by atoms with E-state index < -0.39 is 5.67 Å². The van der Waals surface area contributed by atoms with Gasteiger partial charge in [0, 0.05) is 17.4 Å². The fourth-order valence-corrected chi connectivity index (χ4v) is 3.00. The minimum atomic E-state index is -1.36. The van der Waals surface area contributed by atoms with Crippen molar-refractivity contribution < 1.29 is 14.3 Å². The van der Waals surface area contributed by atoms with Crippen LogP contribution in [0.4, 0.5) is 4.39 Å². The van der Waals surface area contributed by atoms with Crippen molar-refractivity contribution in [2.24, 2.45) is 17.3 Å². The van der Waals surface area contributed by atoms with Gasteiger partial charge in [-0.3, -0.25) is 4.79 Å². The van der Waals surface area contributed by atoms with E-state index in [9.17, 15) is 14.3 Å². The Labute approximate surface area is 128 Å². The van der Waals surface area contributed by atoms with Crippen LogP contribution in [0, 0.1) is 17.3 Å². The maximum atomic E-state index is 13.7. The zero-order valence-corrected chi connectivity index (χ0v) is 14.2. The van der Waals surface area contributed by atoms with Crippen molar-refractivity contribution in [3.05, 3.63) is 11.8 Å². The van der Waals surface area contributed by atoms with E-state index in [4.69, 9.17) is 0 Å². The van der Waals surface area contributed by atoms with Crippen molar-refractivity contribution in [1.82, 2.24) is 0 Å². The minimum absolute atomic E-state index is 0.148. The van der Waals surface area contributed by atoms with Gasteiger partial charge in [0.1, 0.15) is 11.4 Å². The molecule has 0 bridgehead atoms. The van der Waals surface area contributed by atoms with Crippen LogP contribution in [0.5, 0.6) is 0 Å². The van der Waals surface area contributed by atoms with Crippen molar-refractivity contribution in [3.63, 3.8) is 0 Å². The van der Waals surface area contributed by atoms with Crippen molar-refractivity contribution in [3.8, 4) is 0 Å². The van der Waals surface area contributed by atoms with E-state index in [1.54, 1.807) is 0 Å². The molecule has 0 aliphatic heterocycles. The Hall–Kier alpha value is -0.860. The van der Waals surface area contributed by atoms with E-state index in [1.807, 2.05) is 20.8 Å². The van der Waals surface area contributed by atoms with Crippen LogP contribution in [0.1, 0.15) is 73.1 Å². The van der Waals surface area contributed by atoms with Crippen LogP contribution in [0.3, 0.4) is 0 Å². The summed E-state index contributed by atoms with van der Waals surface area (Å²) in [7, 11) is 0. The summed E-state index contributed by atoms with van der Waals surface area (Å²) in [5, 5.41) is 10.3. The number of carbonyl (C=O) groups is 1. The van der Waals surface area contributed by atoms with Gasteiger partial charge in [0.05, 0.1) is 0 Å². The molecule has 0 aromatic rings. The Morgan fingerprint density at radius 1 is 1.33 bits per heavy atom. The molecular weight excluding hydrogens is 267 g/mol. The first-order valence-electron chi connectivity index (χ1n) is 8.19. The summed E-state index contributed by atoms with van der Waals surface area (Å²) >= 11 is 0. The lowest BCUT2D eigenvalue weighted by Gasteiger charge is -2.34. The number of ketones is 1. The first-order valence-corrected chi connectivity index (χ1v) is 8.19. The number of halogens is 1. The third-order valence-electron chi connectivity index (χ3n) is 4.62. The third kappa shape index (κ3) is 5.80. The van der Waals surface area contributed by atoms with E-state index in [1.165, 1.54) is 39.2 Å². The molecule has 1 rings (SSSR count). The molecule has 1 atom stereocenters. The molecule has 1 aliphatic carbocycles. The van der Waals surface area contributed by atoms with Gasteiger partial charge in [0.25, 0.3) is 0 Å². The molecule has 122 valence electrons. The smallest absolute Gasteiger partial charge is 0.162 e. The van der Waals surface area contributed by atoms with E-state index in [-0.39, 0.29) is 29.3 Å². The van der Waals surface area contributed by atoms with Crippen LogP contribution in [-0.4, -0.2) is 16.6 Å². The van der Waals surface area contributed by atoms with Crippen LogP contribution < -0.4 is 0 Å². The summed E-state index contributed by atoms with van der Waals surface area (Å²) in [4.78, 5) is 12.3. The van der Waals surface area contributed by atoms with Crippen LogP contribution in [0.25, 0.3) is 0 Å². The van der Waals surface area contributed by atoms with E-state index in [0.717, 1.165) is 6.42 Å². The standard InChI is InChI=1S/C18H31FO2/c1-6-14(12-18(4,5)19)15(20)10-16(21)17(2,3)11-13-8-7-9-13/h10,13-14,21H,6-9,11-12H2,1-5H3. The Morgan fingerprint density at radius 2 is 1.90 bits per heavy atom. The number of allylic oxidation sites excluding steroid dienone is 2. The summed E-state index contributed by atoms with van der Waals surface area (Å²) in [6.45, 7) is 8.83. The minimum Gasteiger partial charge on any atom is -0.512 e. The molecule has 0 aromatic carbocycles. The van der Waals surface area contributed by atoms with Crippen LogP contribution in [0.2, 0.25) is 0 Å². The molecule has 0 heterocycles. The van der Waals surface area contributed by atoms with Gasteiger partial charge in [-0.15, -0.1) is 0 Å².